The molecule has 0 aliphatic heterocycles. The first-order valence-corrected chi connectivity index (χ1v) is 8.69. The van der Waals surface area contributed by atoms with Crippen molar-refractivity contribution >= 4 is 5.91 Å². The lowest BCUT2D eigenvalue weighted by Gasteiger charge is -2.29. The number of carbonyl (C=O) groups excluding carboxylic acids is 1. The fraction of sp³-hybridized carbons (Fsp3) is 0.632. The van der Waals surface area contributed by atoms with E-state index < -0.39 is 6.10 Å². The van der Waals surface area contributed by atoms with Gasteiger partial charge in [0.2, 0.25) is 0 Å². The number of para-hydroxylation sites is 1. The Morgan fingerprint density at radius 2 is 2.05 bits per heavy atom. The number of ether oxygens (including phenoxy) is 1. The van der Waals surface area contributed by atoms with E-state index in [2.05, 4.69) is 12.2 Å². The SMILES string of the molecule is CC[C@H](Oc1ccccc1)C(=O)N[C@@H](C)[C@@H]1C[C@@H]2CC[C@@H]1C2. The number of benzene rings is 1. The van der Waals surface area contributed by atoms with E-state index in [0.29, 0.717) is 12.3 Å². The van der Waals surface area contributed by atoms with E-state index in [1.807, 2.05) is 37.3 Å². The molecule has 0 radical (unpaired) electrons. The van der Waals surface area contributed by atoms with Crippen LogP contribution in [0.25, 0.3) is 0 Å². The molecular weight excluding hydrogens is 274 g/mol. The smallest absolute Gasteiger partial charge is 0.261 e. The summed E-state index contributed by atoms with van der Waals surface area (Å²) in [5.41, 5.74) is 0. The Hall–Kier alpha value is -1.51. The predicted octanol–water partition coefficient (Wildman–Crippen LogP) is 3.78. The van der Waals surface area contributed by atoms with Crippen LogP contribution < -0.4 is 10.1 Å². The van der Waals surface area contributed by atoms with Gasteiger partial charge in [-0.05, 0) is 62.5 Å². The van der Waals surface area contributed by atoms with Crippen molar-refractivity contribution in [3.8, 4) is 5.75 Å². The zero-order chi connectivity index (χ0) is 15.5. The monoisotopic (exact) mass is 301 g/mol. The van der Waals surface area contributed by atoms with Crippen LogP contribution in [0.1, 0.15) is 46.0 Å². The lowest BCUT2D eigenvalue weighted by atomic mass is 9.84. The highest BCUT2D eigenvalue weighted by Gasteiger charge is 2.42. The summed E-state index contributed by atoms with van der Waals surface area (Å²) in [5, 5.41) is 3.21. The van der Waals surface area contributed by atoms with Crippen molar-refractivity contribution in [2.24, 2.45) is 17.8 Å². The van der Waals surface area contributed by atoms with Crippen LogP contribution in [0, 0.1) is 17.8 Å². The van der Waals surface area contributed by atoms with Crippen molar-refractivity contribution in [3.05, 3.63) is 30.3 Å². The van der Waals surface area contributed by atoms with Gasteiger partial charge in [0.25, 0.3) is 5.91 Å². The highest BCUT2D eigenvalue weighted by molar-refractivity contribution is 5.81. The Balaban J connectivity index is 1.55. The van der Waals surface area contributed by atoms with Crippen LogP contribution in [-0.4, -0.2) is 18.1 Å². The number of hydrogen-bond donors (Lipinski definition) is 1. The van der Waals surface area contributed by atoms with Crippen molar-refractivity contribution in [2.45, 2.75) is 58.1 Å². The fourth-order valence-electron chi connectivity index (χ4n) is 4.32. The standard InChI is InChI=1S/C19H27NO2/c1-3-18(22-16-7-5-4-6-8-16)19(21)20-13(2)17-12-14-9-10-15(17)11-14/h4-8,13-15,17-18H,3,9-12H2,1-2H3,(H,20,21)/t13-,14+,15+,17-,18-/m0/s1. The normalized spacial score (nSPS) is 29.1. The zero-order valence-electron chi connectivity index (χ0n) is 13.6. The molecule has 3 nitrogen and oxygen atoms in total. The van der Waals surface area contributed by atoms with E-state index in [4.69, 9.17) is 4.74 Å². The lowest BCUT2D eigenvalue weighted by Crippen LogP contribution is -2.46. The topological polar surface area (TPSA) is 38.3 Å². The summed E-state index contributed by atoms with van der Waals surface area (Å²) in [6.07, 6.45) is 5.71. The van der Waals surface area contributed by atoms with E-state index in [1.54, 1.807) is 0 Å². The molecule has 2 aliphatic carbocycles. The summed E-state index contributed by atoms with van der Waals surface area (Å²) in [7, 11) is 0. The molecule has 22 heavy (non-hydrogen) atoms. The van der Waals surface area contributed by atoms with E-state index in [-0.39, 0.29) is 11.9 Å². The van der Waals surface area contributed by atoms with E-state index in [1.165, 1.54) is 25.7 Å². The second-order valence-electron chi connectivity index (χ2n) is 6.96. The Morgan fingerprint density at radius 3 is 2.64 bits per heavy atom. The first-order chi connectivity index (χ1) is 10.7. The van der Waals surface area contributed by atoms with Crippen LogP contribution in [0.15, 0.2) is 30.3 Å². The molecule has 1 N–H and O–H groups in total. The maximum atomic E-state index is 12.5. The quantitative estimate of drug-likeness (QED) is 0.868. The molecule has 1 aromatic carbocycles. The Kier molecular flexibility index (Phi) is 4.70. The van der Waals surface area contributed by atoms with Gasteiger partial charge in [0.1, 0.15) is 5.75 Å². The number of fused-ring (bicyclic) bond motifs is 2. The van der Waals surface area contributed by atoms with Gasteiger partial charge in [-0.3, -0.25) is 4.79 Å². The summed E-state index contributed by atoms with van der Waals surface area (Å²) in [4.78, 5) is 12.5. The zero-order valence-corrected chi connectivity index (χ0v) is 13.6. The van der Waals surface area contributed by atoms with Crippen LogP contribution in [0.3, 0.4) is 0 Å². The van der Waals surface area contributed by atoms with Crippen LogP contribution in [-0.2, 0) is 4.79 Å². The van der Waals surface area contributed by atoms with Crippen molar-refractivity contribution in [3.63, 3.8) is 0 Å². The van der Waals surface area contributed by atoms with Crippen molar-refractivity contribution in [1.29, 1.82) is 0 Å². The average Bonchev–Trinajstić information content (AvgIpc) is 3.16. The highest BCUT2D eigenvalue weighted by atomic mass is 16.5. The third-order valence-corrected chi connectivity index (χ3v) is 5.49. The molecule has 0 saturated heterocycles. The Labute approximate surface area is 133 Å². The molecule has 0 aromatic heterocycles. The molecule has 0 heterocycles. The fourth-order valence-corrected chi connectivity index (χ4v) is 4.32. The van der Waals surface area contributed by atoms with Gasteiger partial charge in [-0.25, -0.2) is 0 Å². The van der Waals surface area contributed by atoms with Crippen LogP contribution >= 0.6 is 0 Å². The molecule has 2 fully saturated rings. The highest BCUT2D eigenvalue weighted by Crippen LogP contribution is 2.49. The second-order valence-corrected chi connectivity index (χ2v) is 6.96. The molecule has 120 valence electrons. The molecular formula is C19H27NO2. The summed E-state index contributed by atoms with van der Waals surface area (Å²) >= 11 is 0. The minimum Gasteiger partial charge on any atom is -0.481 e. The number of carbonyl (C=O) groups is 1. The minimum absolute atomic E-state index is 0.0293. The van der Waals surface area contributed by atoms with E-state index in [0.717, 1.165) is 17.6 Å². The molecule has 3 heteroatoms. The first kappa shape index (κ1) is 15.4. The summed E-state index contributed by atoms with van der Waals surface area (Å²) in [6, 6.07) is 9.86. The second kappa shape index (κ2) is 6.72. The number of amides is 1. The van der Waals surface area contributed by atoms with Gasteiger partial charge in [-0.2, -0.15) is 0 Å². The van der Waals surface area contributed by atoms with Gasteiger partial charge in [0.05, 0.1) is 0 Å². The third-order valence-electron chi connectivity index (χ3n) is 5.49. The van der Waals surface area contributed by atoms with Crippen LogP contribution in [0.2, 0.25) is 0 Å². The summed E-state index contributed by atoms with van der Waals surface area (Å²) < 4.78 is 5.84. The molecule has 2 aliphatic rings. The van der Waals surface area contributed by atoms with Crippen molar-refractivity contribution in [2.75, 3.05) is 0 Å². The molecule has 1 aromatic rings. The summed E-state index contributed by atoms with van der Waals surface area (Å²) in [5.74, 6) is 3.20. The van der Waals surface area contributed by atoms with Gasteiger partial charge < -0.3 is 10.1 Å². The molecule has 0 spiro atoms. The first-order valence-electron chi connectivity index (χ1n) is 8.69. The predicted molar refractivity (Wildman–Crippen MR) is 87.7 cm³/mol. The van der Waals surface area contributed by atoms with Gasteiger partial charge in [0.15, 0.2) is 6.10 Å². The number of hydrogen-bond acceptors (Lipinski definition) is 2. The van der Waals surface area contributed by atoms with Gasteiger partial charge >= 0.3 is 0 Å². The molecule has 2 bridgehead atoms. The number of rotatable bonds is 6. The molecule has 5 atom stereocenters. The molecule has 0 unspecified atom stereocenters. The third kappa shape index (κ3) is 3.29. The largest absolute Gasteiger partial charge is 0.481 e. The Morgan fingerprint density at radius 1 is 1.27 bits per heavy atom. The van der Waals surface area contributed by atoms with Crippen molar-refractivity contribution in [1.82, 2.24) is 5.32 Å². The summed E-state index contributed by atoms with van der Waals surface area (Å²) in [6.45, 7) is 4.16. The van der Waals surface area contributed by atoms with Crippen molar-refractivity contribution < 1.29 is 9.53 Å². The maximum absolute atomic E-state index is 12.5. The molecule has 2 saturated carbocycles. The number of nitrogens with one attached hydrogen (secondary N) is 1. The minimum atomic E-state index is -0.400. The lowest BCUT2D eigenvalue weighted by molar-refractivity contribution is -0.129. The Bertz CT molecular complexity index is 501. The van der Waals surface area contributed by atoms with Crippen LogP contribution in [0.4, 0.5) is 0 Å². The van der Waals surface area contributed by atoms with E-state index >= 15 is 0 Å². The molecule has 1 amide bonds. The van der Waals surface area contributed by atoms with Crippen LogP contribution in [0.5, 0.6) is 5.75 Å². The van der Waals surface area contributed by atoms with Gasteiger partial charge in [0, 0.05) is 6.04 Å². The average molecular weight is 301 g/mol. The molecule has 3 rings (SSSR count). The van der Waals surface area contributed by atoms with E-state index in [9.17, 15) is 4.79 Å². The maximum Gasteiger partial charge on any atom is 0.261 e. The van der Waals surface area contributed by atoms with Gasteiger partial charge in [-0.1, -0.05) is 31.5 Å². The van der Waals surface area contributed by atoms with Gasteiger partial charge in [-0.15, -0.1) is 0 Å².